The number of morpholine rings is 1. The molecular weight excluding hydrogens is 244 g/mol. The van der Waals surface area contributed by atoms with Gasteiger partial charge in [0.25, 0.3) is 0 Å². The second kappa shape index (κ2) is 6.15. The van der Waals surface area contributed by atoms with Gasteiger partial charge in [-0.1, -0.05) is 0 Å². The highest BCUT2D eigenvalue weighted by Crippen LogP contribution is 2.18. The zero-order valence-corrected chi connectivity index (χ0v) is 12.5. The number of ether oxygens (including phenoxy) is 1. The molecule has 1 saturated heterocycles. The molecule has 0 saturated carbocycles. The predicted octanol–water partition coefficient (Wildman–Crippen LogP) is 2.26. The second-order valence-corrected chi connectivity index (χ2v) is 6.56. The van der Waals surface area contributed by atoms with Gasteiger partial charge in [0.05, 0.1) is 13.2 Å². The average Bonchev–Trinajstić information content (AvgIpc) is 2.72. The van der Waals surface area contributed by atoms with Crippen LogP contribution in [0, 0.1) is 6.92 Å². The Morgan fingerprint density at radius 1 is 1.50 bits per heavy atom. The highest BCUT2D eigenvalue weighted by molar-refractivity contribution is 7.10. The quantitative estimate of drug-likeness (QED) is 0.829. The molecule has 1 aromatic rings. The summed E-state index contributed by atoms with van der Waals surface area (Å²) in [5.41, 5.74) is 1.58. The molecule has 0 bridgehead atoms. The summed E-state index contributed by atoms with van der Waals surface area (Å²) >= 11 is 1.84. The fourth-order valence-corrected chi connectivity index (χ4v) is 3.18. The molecule has 0 unspecified atom stereocenters. The third-order valence-corrected chi connectivity index (χ3v) is 4.65. The van der Waals surface area contributed by atoms with Crippen molar-refractivity contribution in [2.45, 2.75) is 32.9 Å². The van der Waals surface area contributed by atoms with E-state index >= 15 is 0 Å². The van der Waals surface area contributed by atoms with Crippen molar-refractivity contribution in [1.29, 1.82) is 0 Å². The molecule has 1 N–H and O–H groups in total. The van der Waals surface area contributed by atoms with Crippen LogP contribution in [-0.4, -0.2) is 43.3 Å². The van der Waals surface area contributed by atoms with Crippen molar-refractivity contribution in [2.75, 3.05) is 32.8 Å². The number of nitrogens with zero attached hydrogens (tertiary/aromatic N) is 1. The average molecular weight is 268 g/mol. The molecule has 1 aliphatic rings. The molecule has 0 spiro atoms. The summed E-state index contributed by atoms with van der Waals surface area (Å²) in [6.07, 6.45) is 0. The maximum Gasteiger partial charge on any atom is 0.0645 e. The molecule has 102 valence electrons. The lowest BCUT2D eigenvalue weighted by molar-refractivity contribution is -0.0500. The van der Waals surface area contributed by atoms with Gasteiger partial charge in [0.15, 0.2) is 0 Å². The maximum absolute atomic E-state index is 5.54. The number of thiophene rings is 1. The van der Waals surface area contributed by atoms with E-state index in [1.807, 2.05) is 11.3 Å². The van der Waals surface area contributed by atoms with Gasteiger partial charge < -0.3 is 10.1 Å². The lowest BCUT2D eigenvalue weighted by Gasteiger charge is -2.42. The van der Waals surface area contributed by atoms with Crippen LogP contribution in [-0.2, 0) is 11.3 Å². The minimum atomic E-state index is 0.179. The molecule has 4 heteroatoms. The Hall–Kier alpha value is -0.420. The van der Waals surface area contributed by atoms with Crippen molar-refractivity contribution in [2.24, 2.45) is 0 Å². The van der Waals surface area contributed by atoms with E-state index in [4.69, 9.17) is 4.74 Å². The van der Waals surface area contributed by atoms with Crippen LogP contribution in [0.4, 0.5) is 0 Å². The van der Waals surface area contributed by atoms with Gasteiger partial charge >= 0.3 is 0 Å². The summed E-state index contributed by atoms with van der Waals surface area (Å²) in [5.74, 6) is 0. The molecule has 0 radical (unpaired) electrons. The van der Waals surface area contributed by atoms with E-state index in [1.165, 1.54) is 10.4 Å². The van der Waals surface area contributed by atoms with Crippen LogP contribution < -0.4 is 5.32 Å². The van der Waals surface area contributed by atoms with Crippen LogP contribution in [0.2, 0.25) is 0 Å². The first-order valence-electron chi connectivity index (χ1n) is 6.66. The molecule has 1 aromatic heterocycles. The summed E-state index contributed by atoms with van der Waals surface area (Å²) in [5, 5.41) is 5.71. The largest absolute Gasteiger partial charge is 0.378 e. The van der Waals surface area contributed by atoms with Crippen molar-refractivity contribution in [3.05, 3.63) is 21.9 Å². The van der Waals surface area contributed by atoms with Crippen LogP contribution in [0.25, 0.3) is 0 Å². The van der Waals surface area contributed by atoms with Gasteiger partial charge in [0.2, 0.25) is 0 Å². The highest BCUT2D eigenvalue weighted by Gasteiger charge is 2.29. The van der Waals surface area contributed by atoms with Gasteiger partial charge in [-0.2, -0.15) is 0 Å². The Balaban J connectivity index is 1.70. The van der Waals surface area contributed by atoms with Crippen LogP contribution in [0.1, 0.15) is 24.3 Å². The molecule has 1 fully saturated rings. The summed E-state index contributed by atoms with van der Waals surface area (Å²) in [6.45, 7) is 12.6. The molecular formula is C14H24N2OS. The first kappa shape index (κ1) is 14.0. The summed E-state index contributed by atoms with van der Waals surface area (Å²) in [6, 6.07) is 2.19. The number of hydrogen-bond donors (Lipinski definition) is 1. The van der Waals surface area contributed by atoms with Gasteiger partial charge in [0.1, 0.15) is 0 Å². The molecule has 0 amide bonds. The van der Waals surface area contributed by atoms with E-state index in [0.29, 0.717) is 0 Å². The standard InChI is InChI=1S/C14H24N2OS/c1-12-4-9-18-13(12)10-15-5-6-16-7-8-17-11-14(16,2)3/h4,9,15H,5-8,10-11H2,1-3H3. The summed E-state index contributed by atoms with van der Waals surface area (Å²) < 4.78 is 5.54. The smallest absolute Gasteiger partial charge is 0.0645 e. The van der Waals surface area contributed by atoms with Crippen molar-refractivity contribution in [1.82, 2.24) is 10.2 Å². The van der Waals surface area contributed by atoms with Gasteiger partial charge in [-0.05, 0) is 37.8 Å². The van der Waals surface area contributed by atoms with E-state index in [0.717, 1.165) is 39.4 Å². The van der Waals surface area contributed by atoms with Crippen LogP contribution in [0.3, 0.4) is 0 Å². The number of rotatable bonds is 5. The Morgan fingerprint density at radius 3 is 3.00 bits per heavy atom. The number of nitrogens with one attached hydrogen (secondary N) is 1. The molecule has 0 aliphatic carbocycles. The van der Waals surface area contributed by atoms with E-state index in [-0.39, 0.29) is 5.54 Å². The maximum atomic E-state index is 5.54. The molecule has 3 nitrogen and oxygen atoms in total. The highest BCUT2D eigenvalue weighted by atomic mass is 32.1. The van der Waals surface area contributed by atoms with Gasteiger partial charge in [-0.15, -0.1) is 11.3 Å². The molecule has 0 aromatic carbocycles. The Bertz CT molecular complexity index is 376. The summed E-state index contributed by atoms with van der Waals surface area (Å²) in [4.78, 5) is 3.97. The van der Waals surface area contributed by atoms with Crippen molar-refractivity contribution in [3.8, 4) is 0 Å². The lowest BCUT2D eigenvalue weighted by Crippen LogP contribution is -2.54. The fourth-order valence-electron chi connectivity index (χ4n) is 2.31. The zero-order chi connectivity index (χ0) is 13.0. The minimum Gasteiger partial charge on any atom is -0.378 e. The van der Waals surface area contributed by atoms with Gasteiger partial charge in [-0.3, -0.25) is 4.90 Å². The van der Waals surface area contributed by atoms with Crippen molar-refractivity contribution in [3.63, 3.8) is 0 Å². The second-order valence-electron chi connectivity index (χ2n) is 5.56. The monoisotopic (exact) mass is 268 g/mol. The molecule has 2 heterocycles. The van der Waals surface area contributed by atoms with E-state index in [9.17, 15) is 0 Å². The molecule has 1 aliphatic heterocycles. The Labute approximate surface area is 114 Å². The number of hydrogen-bond acceptors (Lipinski definition) is 4. The minimum absolute atomic E-state index is 0.179. The van der Waals surface area contributed by atoms with Crippen LogP contribution >= 0.6 is 11.3 Å². The van der Waals surface area contributed by atoms with Crippen molar-refractivity contribution >= 4 is 11.3 Å². The summed E-state index contributed by atoms with van der Waals surface area (Å²) in [7, 11) is 0. The van der Waals surface area contributed by atoms with Gasteiger partial charge in [0, 0.05) is 36.6 Å². The van der Waals surface area contributed by atoms with Crippen LogP contribution in [0.5, 0.6) is 0 Å². The first-order chi connectivity index (χ1) is 8.59. The third kappa shape index (κ3) is 3.54. The van der Waals surface area contributed by atoms with Crippen LogP contribution in [0.15, 0.2) is 11.4 Å². The Morgan fingerprint density at radius 2 is 2.33 bits per heavy atom. The van der Waals surface area contributed by atoms with E-state index < -0.39 is 0 Å². The van der Waals surface area contributed by atoms with Crippen molar-refractivity contribution < 1.29 is 4.74 Å². The normalized spacial score (nSPS) is 20.2. The fraction of sp³-hybridized carbons (Fsp3) is 0.714. The molecule has 18 heavy (non-hydrogen) atoms. The zero-order valence-electron chi connectivity index (χ0n) is 11.7. The Kier molecular flexibility index (Phi) is 4.78. The first-order valence-corrected chi connectivity index (χ1v) is 7.54. The van der Waals surface area contributed by atoms with E-state index in [1.54, 1.807) is 0 Å². The molecule has 0 atom stereocenters. The number of aryl methyl sites for hydroxylation is 1. The van der Waals surface area contributed by atoms with Gasteiger partial charge in [-0.25, -0.2) is 0 Å². The van der Waals surface area contributed by atoms with E-state index in [2.05, 4.69) is 42.4 Å². The predicted molar refractivity (Wildman–Crippen MR) is 77.2 cm³/mol. The topological polar surface area (TPSA) is 24.5 Å². The molecule has 2 rings (SSSR count). The lowest BCUT2D eigenvalue weighted by atomic mass is 10.0. The SMILES string of the molecule is Cc1ccsc1CNCCN1CCOCC1(C)C. The third-order valence-electron chi connectivity index (χ3n) is 3.63.